The Morgan fingerprint density at radius 1 is 1.38 bits per heavy atom. The summed E-state index contributed by atoms with van der Waals surface area (Å²) in [6.45, 7) is 0.313. The first-order valence-corrected chi connectivity index (χ1v) is 7.39. The molecule has 1 saturated carbocycles. The molecule has 0 aromatic heterocycles. The monoisotopic (exact) mass is 294 g/mol. The highest BCUT2D eigenvalue weighted by Crippen LogP contribution is 2.38. The highest BCUT2D eigenvalue weighted by Gasteiger charge is 2.37. The molecule has 3 N–H and O–H groups in total. The fourth-order valence-corrected chi connectivity index (χ4v) is 3.02. The molecular weight excluding hydrogens is 271 g/mol. The summed E-state index contributed by atoms with van der Waals surface area (Å²) in [4.78, 5) is 12.3. The zero-order chi connectivity index (χ0) is 15.3. The van der Waals surface area contributed by atoms with Gasteiger partial charge >= 0.3 is 0 Å². The molecule has 0 heterocycles. The second-order valence-corrected chi connectivity index (χ2v) is 5.64. The molecule has 1 aliphatic carbocycles. The molecule has 1 amide bonds. The van der Waals surface area contributed by atoms with Gasteiger partial charge in [-0.2, -0.15) is 0 Å². The molecule has 1 aromatic rings. The van der Waals surface area contributed by atoms with E-state index in [0.29, 0.717) is 6.54 Å². The quantitative estimate of drug-likeness (QED) is 0.844. The van der Waals surface area contributed by atoms with Crippen LogP contribution in [-0.2, 0) is 15.1 Å². The highest BCUT2D eigenvalue weighted by atomic mass is 19.1. The second-order valence-electron chi connectivity index (χ2n) is 5.64. The van der Waals surface area contributed by atoms with Crippen molar-refractivity contribution in [1.29, 1.82) is 0 Å². The largest absolute Gasteiger partial charge is 0.380 e. The third-order valence-electron chi connectivity index (χ3n) is 4.24. The molecule has 1 fully saturated rings. The minimum absolute atomic E-state index is 0.0708. The van der Waals surface area contributed by atoms with Crippen LogP contribution in [0, 0.1) is 5.82 Å². The lowest BCUT2D eigenvalue weighted by Crippen LogP contribution is -2.45. The summed E-state index contributed by atoms with van der Waals surface area (Å²) in [6, 6.07) is 6.41. The van der Waals surface area contributed by atoms with Crippen molar-refractivity contribution < 1.29 is 13.9 Å². The Bertz CT molecular complexity index is 466. The normalized spacial score (nSPS) is 18.4. The zero-order valence-electron chi connectivity index (χ0n) is 12.4. The van der Waals surface area contributed by atoms with Crippen LogP contribution in [0.25, 0.3) is 0 Å². The molecular formula is C16H23FN2O2. The molecule has 116 valence electrons. The lowest BCUT2D eigenvalue weighted by molar-refractivity contribution is -0.125. The molecule has 2 rings (SSSR count). The lowest BCUT2D eigenvalue weighted by atomic mass is 9.88. The number of rotatable bonds is 6. The number of halogens is 1. The van der Waals surface area contributed by atoms with Crippen molar-refractivity contribution in [1.82, 2.24) is 5.32 Å². The molecule has 21 heavy (non-hydrogen) atoms. The molecule has 1 aromatic carbocycles. The van der Waals surface area contributed by atoms with Gasteiger partial charge in [0.25, 0.3) is 0 Å². The molecule has 1 unspecified atom stereocenters. The van der Waals surface area contributed by atoms with E-state index in [1.54, 1.807) is 19.2 Å². The van der Waals surface area contributed by atoms with Crippen molar-refractivity contribution >= 4 is 5.91 Å². The number of benzene rings is 1. The van der Waals surface area contributed by atoms with Gasteiger partial charge in [0.2, 0.25) is 5.91 Å². The van der Waals surface area contributed by atoms with E-state index in [2.05, 4.69) is 5.32 Å². The summed E-state index contributed by atoms with van der Waals surface area (Å²) in [7, 11) is 1.55. The van der Waals surface area contributed by atoms with Gasteiger partial charge in [0, 0.05) is 13.7 Å². The number of nitrogens with two attached hydrogens (primary N) is 1. The molecule has 5 heteroatoms. The van der Waals surface area contributed by atoms with E-state index in [9.17, 15) is 9.18 Å². The standard InChI is InChI=1S/C16H23FN2O2/c1-21-14(11-18)10-15(20)19-16(8-2-3-9-16)12-4-6-13(17)7-5-12/h4-7,14H,2-3,8-11,18H2,1H3,(H,19,20). The number of hydrogen-bond acceptors (Lipinski definition) is 3. The van der Waals surface area contributed by atoms with Crippen LogP contribution in [0.4, 0.5) is 4.39 Å². The van der Waals surface area contributed by atoms with Crippen molar-refractivity contribution in [2.75, 3.05) is 13.7 Å². The average molecular weight is 294 g/mol. The summed E-state index contributed by atoms with van der Waals surface area (Å²) in [6.07, 6.45) is 3.85. The summed E-state index contributed by atoms with van der Waals surface area (Å²) in [5.41, 5.74) is 6.15. The van der Waals surface area contributed by atoms with Crippen molar-refractivity contribution in [2.45, 2.75) is 43.7 Å². The Balaban J connectivity index is 2.11. The van der Waals surface area contributed by atoms with Crippen LogP contribution in [0.3, 0.4) is 0 Å². The first kappa shape index (κ1) is 15.9. The van der Waals surface area contributed by atoms with Crippen molar-refractivity contribution in [2.24, 2.45) is 5.73 Å². The average Bonchev–Trinajstić information content (AvgIpc) is 2.95. The number of nitrogens with one attached hydrogen (secondary N) is 1. The lowest BCUT2D eigenvalue weighted by Gasteiger charge is -2.31. The van der Waals surface area contributed by atoms with Gasteiger partial charge in [-0.05, 0) is 30.5 Å². The Morgan fingerprint density at radius 2 is 2.00 bits per heavy atom. The van der Waals surface area contributed by atoms with E-state index >= 15 is 0 Å². The summed E-state index contributed by atoms with van der Waals surface area (Å²) >= 11 is 0. The molecule has 0 bridgehead atoms. The van der Waals surface area contributed by atoms with Crippen molar-refractivity contribution in [3.05, 3.63) is 35.6 Å². The maximum Gasteiger partial charge on any atom is 0.223 e. The van der Waals surface area contributed by atoms with Gasteiger partial charge in [-0.1, -0.05) is 25.0 Å². The summed E-state index contributed by atoms with van der Waals surface area (Å²) in [5, 5.41) is 3.13. The maximum atomic E-state index is 13.1. The first-order valence-electron chi connectivity index (χ1n) is 7.39. The Kier molecular flexibility index (Phi) is 5.31. The van der Waals surface area contributed by atoms with Gasteiger partial charge in [0.1, 0.15) is 5.82 Å². The van der Waals surface area contributed by atoms with Gasteiger partial charge < -0.3 is 15.8 Å². The smallest absolute Gasteiger partial charge is 0.223 e. The van der Waals surface area contributed by atoms with Crippen LogP contribution in [0.15, 0.2) is 24.3 Å². The van der Waals surface area contributed by atoms with Gasteiger partial charge in [-0.3, -0.25) is 4.79 Å². The van der Waals surface area contributed by atoms with E-state index in [1.165, 1.54) is 12.1 Å². The molecule has 0 spiro atoms. The van der Waals surface area contributed by atoms with Crippen molar-refractivity contribution in [3.63, 3.8) is 0 Å². The predicted molar refractivity (Wildman–Crippen MR) is 79.2 cm³/mol. The van der Waals surface area contributed by atoms with Gasteiger partial charge in [0.05, 0.1) is 18.1 Å². The number of methoxy groups -OCH3 is 1. The van der Waals surface area contributed by atoms with E-state index in [-0.39, 0.29) is 29.8 Å². The summed E-state index contributed by atoms with van der Waals surface area (Å²) in [5.74, 6) is -0.334. The molecule has 1 aliphatic rings. The van der Waals surface area contributed by atoms with Crippen LogP contribution < -0.4 is 11.1 Å². The molecule has 0 aliphatic heterocycles. The fraction of sp³-hybridized carbons (Fsp3) is 0.562. The van der Waals surface area contributed by atoms with Crippen molar-refractivity contribution in [3.8, 4) is 0 Å². The van der Waals surface area contributed by atoms with Crippen LogP contribution in [0.5, 0.6) is 0 Å². The number of carbonyl (C=O) groups excluding carboxylic acids is 1. The van der Waals surface area contributed by atoms with Gasteiger partial charge in [-0.15, -0.1) is 0 Å². The molecule has 1 atom stereocenters. The second kappa shape index (κ2) is 7.00. The topological polar surface area (TPSA) is 64.3 Å². The first-order chi connectivity index (χ1) is 10.1. The predicted octanol–water partition coefficient (Wildman–Crippen LogP) is 2.08. The Labute approximate surface area is 124 Å². The Morgan fingerprint density at radius 3 is 2.52 bits per heavy atom. The third-order valence-corrected chi connectivity index (χ3v) is 4.24. The number of carbonyl (C=O) groups is 1. The van der Waals surface area contributed by atoms with E-state index in [0.717, 1.165) is 31.2 Å². The Hall–Kier alpha value is -1.46. The fourth-order valence-electron chi connectivity index (χ4n) is 3.02. The summed E-state index contributed by atoms with van der Waals surface area (Å²) < 4.78 is 18.3. The van der Waals surface area contributed by atoms with Crippen LogP contribution in [0.2, 0.25) is 0 Å². The molecule has 0 radical (unpaired) electrons. The SMILES string of the molecule is COC(CN)CC(=O)NC1(c2ccc(F)cc2)CCCC1. The molecule has 0 saturated heterocycles. The van der Waals surface area contributed by atoms with Gasteiger partial charge in [-0.25, -0.2) is 4.39 Å². The number of amides is 1. The van der Waals surface area contributed by atoms with Crippen LogP contribution >= 0.6 is 0 Å². The number of ether oxygens (including phenoxy) is 1. The van der Waals surface area contributed by atoms with E-state index < -0.39 is 0 Å². The third kappa shape index (κ3) is 3.80. The van der Waals surface area contributed by atoms with E-state index in [1.807, 2.05) is 0 Å². The van der Waals surface area contributed by atoms with Crippen LogP contribution in [0.1, 0.15) is 37.7 Å². The van der Waals surface area contributed by atoms with E-state index in [4.69, 9.17) is 10.5 Å². The van der Waals surface area contributed by atoms with Gasteiger partial charge in [0.15, 0.2) is 0 Å². The number of hydrogen-bond donors (Lipinski definition) is 2. The maximum absolute atomic E-state index is 13.1. The zero-order valence-corrected chi connectivity index (χ0v) is 12.4. The minimum atomic E-state index is -0.377. The minimum Gasteiger partial charge on any atom is -0.380 e. The van der Waals surface area contributed by atoms with Crippen LogP contribution in [-0.4, -0.2) is 25.7 Å². The highest BCUT2D eigenvalue weighted by molar-refractivity contribution is 5.77. The molecule has 4 nitrogen and oxygen atoms in total.